The fourth-order valence-corrected chi connectivity index (χ4v) is 4.78. The standard InChI is InChI=1S/C21H22F3N3O/c1-19-11-14(13-4-3-5-16(10-13)21(22,23)24)6-7-15(19)8-9-20(19)12-17(28)27(2)18(25)26-20/h3-7,10-11,15H,8-9,12H2,1-2H3,(H2,25,26)/t15?,19?,20-/m0/s1. The van der Waals surface area contributed by atoms with Crippen molar-refractivity contribution in [3.05, 3.63) is 53.6 Å². The van der Waals surface area contributed by atoms with E-state index in [2.05, 4.69) is 0 Å². The lowest BCUT2D eigenvalue weighted by atomic mass is 9.64. The molecule has 1 aromatic rings. The van der Waals surface area contributed by atoms with Gasteiger partial charge < -0.3 is 5.73 Å². The van der Waals surface area contributed by atoms with E-state index in [1.54, 1.807) is 13.1 Å². The Morgan fingerprint density at radius 3 is 2.75 bits per heavy atom. The Balaban J connectivity index is 1.79. The number of hydrogen-bond acceptors (Lipinski definition) is 3. The van der Waals surface area contributed by atoms with Gasteiger partial charge in [-0.25, -0.2) is 4.99 Å². The maximum Gasteiger partial charge on any atom is 0.416 e. The molecule has 2 aliphatic carbocycles. The van der Waals surface area contributed by atoms with Crippen LogP contribution in [0, 0.1) is 11.3 Å². The van der Waals surface area contributed by atoms with Crippen LogP contribution in [0.2, 0.25) is 0 Å². The number of fused-ring (bicyclic) bond motifs is 2. The largest absolute Gasteiger partial charge is 0.416 e. The maximum atomic E-state index is 13.1. The molecular formula is C21H22F3N3O. The predicted molar refractivity (Wildman–Crippen MR) is 101 cm³/mol. The van der Waals surface area contributed by atoms with Crippen LogP contribution in [0.1, 0.15) is 37.3 Å². The lowest BCUT2D eigenvalue weighted by Crippen LogP contribution is -2.54. The van der Waals surface area contributed by atoms with Crippen molar-refractivity contribution >= 4 is 17.4 Å². The van der Waals surface area contributed by atoms with E-state index in [9.17, 15) is 18.0 Å². The van der Waals surface area contributed by atoms with Crippen molar-refractivity contribution in [2.75, 3.05) is 7.05 Å². The molecule has 1 spiro atoms. The summed E-state index contributed by atoms with van der Waals surface area (Å²) in [6, 6.07) is 5.33. The van der Waals surface area contributed by atoms with Crippen LogP contribution in [0.5, 0.6) is 0 Å². The third-order valence-electron chi connectivity index (χ3n) is 6.62. The summed E-state index contributed by atoms with van der Waals surface area (Å²) in [5.74, 6) is 0.273. The second-order valence-electron chi connectivity index (χ2n) is 8.10. The van der Waals surface area contributed by atoms with Crippen molar-refractivity contribution in [2.24, 2.45) is 22.1 Å². The number of aliphatic imine (C=N–C) groups is 1. The first-order valence-corrected chi connectivity index (χ1v) is 9.26. The van der Waals surface area contributed by atoms with Gasteiger partial charge in [-0.2, -0.15) is 13.2 Å². The number of nitrogens with two attached hydrogens (primary N) is 1. The van der Waals surface area contributed by atoms with Gasteiger partial charge in [0, 0.05) is 12.5 Å². The van der Waals surface area contributed by atoms with Crippen LogP contribution in [0.15, 0.2) is 47.5 Å². The maximum absolute atomic E-state index is 13.1. The topological polar surface area (TPSA) is 58.7 Å². The Morgan fingerprint density at radius 2 is 2.07 bits per heavy atom. The summed E-state index contributed by atoms with van der Waals surface area (Å²) in [5.41, 5.74) is 5.39. The van der Waals surface area contributed by atoms with Gasteiger partial charge in [-0.15, -0.1) is 0 Å². The van der Waals surface area contributed by atoms with Crippen molar-refractivity contribution in [1.82, 2.24) is 4.90 Å². The van der Waals surface area contributed by atoms with Gasteiger partial charge in [0.2, 0.25) is 5.91 Å². The molecule has 0 radical (unpaired) electrons. The number of amides is 1. The van der Waals surface area contributed by atoms with Crippen LogP contribution in [-0.2, 0) is 11.0 Å². The molecule has 1 heterocycles. The normalized spacial score (nSPS) is 32.4. The number of benzene rings is 1. The Kier molecular flexibility index (Phi) is 4.00. The van der Waals surface area contributed by atoms with Gasteiger partial charge in [0.1, 0.15) is 0 Å². The van der Waals surface area contributed by atoms with Gasteiger partial charge in [-0.1, -0.05) is 37.3 Å². The van der Waals surface area contributed by atoms with Gasteiger partial charge in [0.25, 0.3) is 0 Å². The highest BCUT2D eigenvalue weighted by Gasteiger charge is 2.59. The molecule has 2 unspecified atom stereocenters. The molecule has 148 valence electrons. The highest BCUT2D eigenvalue weighted by Crippen LogP contribution is 2.59. The van der Waals surface area contributed by atoms with Gasteiger partial charge in [0.15, 0.2) is 5.96 Å². The first-order chi connectivity index (χ1) is 13.1. The number of carbonyl (C=O) groups excluding carboxylic acids is 1. The molecule has 1 saturated carbocycles. The summed E-state index contributed by atoms with van der Waals surface area (Å²) in [5, 5.41) is 0. The number of allylic oxidation sites excluding steroid dienone is 3. The zero-order valence-electron chi connectivity index (χ0n) is 15.8. The second-order valence-corrected chi connectivity index (χ2v) is 8.10. The summed E-state index contributed by atoms with van der Waals surface area (Å²) in [6.07, 6.45) is 3.34. The molecule has 1 fully saturated rings. The molecule has 7 heteroatoms. The lowest BCUT2D eigenvalue weighted by molar-refractivity contribution is -0.137. The number of halogens is 3. The Hall–Kier alpha value is -2.57. The smallest absolute Gasteiger partial charge is 0.369 e. The molecule has 0 bridgehead atoms. The van der Waals surface area contributed by atoms with E-state index in [0.29, 0.717) is 17.6 Å². The molecule has 28 heavy (non-hydrogen) atoms. The Labute approximate surface area is 161 Å². The van der Waals surface area contributed by atoms with Crippen molar-refractivity contribution < 1.29 is 18.0 Å². The van der Waals surface area contributed by atoms with E-state index in [1.807, 2.05) is 25.2 Å². The number of nitrogens with zero attached hydrogens (tertiary/aromatic N) is 2. The molecule has 0 saturated heterocycles. The first-order valence-electron chi connectivity index (χ1n) is 9.26. The van der Waals surface area contributed by atoms with Gasteiger partial charge in [-0.3, -0.25) is 9.69 Å². The number of alkyl halides is 3. The zero-order chi connectivity index (χ0) is 20.3. The monoisotopic (exact) mass is 389 g/mol. The lowest BCUT2D eigenvalue weighted by Gasteiger charge is -2.46. The fourth-order valence-electron chi connectivity index (χ4n) is 4.78. The average molecular weight is 389 g/mol. The Morgan fingerprint density at radius 1 is 1.32 bits per heavy atom. The SMILES string of the molecule is CN1C(=O)C[C@]2(CCC3C=CC(c4cccc(C(F)(F)F)c4)=CC32C)N=C1N. The van der Waals surface area contributed by atoms with Crippen LogP contribution < -0.4 is 5.73 Å². The van der Waals surface area contributed by atoms with E-state index in [0.717, 1.165) is 12.5 Å². The molecule has 4 rings (SSSR count). The summed E-state index contributed by atoms with van der Waals surface area (Å²) in [7, 11) is 1.60. The van der Waals surface area contributed by atoms with E-state index in [-0.39, 0.29) is 24.2 Å². The highest BCUT2D eigenvalue weighted by molar-refractivity contribution is 5.99. The number of hydrogen-bond donors (Lipinski definition) is 1. The highest BCUT2D eigenvalue weighted by atomic mass is 19.4. The fraction of sp³-hybridized carbons (Fsp3) is 0.429. The third kappa shape index (κ3) is 2.67. The molecule has 1 aliphatic heterocycles. The van der Waals surface area contributed by atoms with Crippen LogP contribution in [-0.4, -0.2) is 29.4 Å². The summed E-state index contributed by atoms with van der Waals surface area (Å²) >= 11 is 0. The molecule has 4 nitrogen and oxygen atoms in total. The van der Waals surface area contributed by atoms with E-state index in [1.165, 1.54) is 17.0 Å². The van der Waals surface area contributed by atoms with Crippen molar-refractivity contribution in [3.8, 4) is 0 Å². The minimum absolute atomic E-state index is 0.0852. The number of carbonyl (C=O) groups is 1. The summed E-state index contributed by atoms with van der Waals surface area (Å²) in [4.78, 5) is 18.6. The van der Waals surface area contributed by atoms with Crippen LogP contribution in [0.25, 0.3) is 5.57 Å². The minimum Gasteiger partial charge on any atom is -0.369 e. The molecule has 1 amide bonds. The number of rotatable bonds is 1. The molecule has 2 N–H and O–H groups in total. The molecule has 3 atom stereocenters. The minimum atomic E-state index is -4.39. The quantitative estimate of drug-likeness (QED) is 0.790. The van der Waals surface area contributed by atoms with Gasteiger partial charge in [-0.05, 0) is 42.0 Å². The van der Waals surface area contributed by atoms with E-state index >= 15 is 0 Å². The zero-order valence-corrected chi connectivity index (χ0v) is 15.8. The molecular weight excluding hydrogens is 367 g/mol. The van der Waals surface area contributed by atoms with Crippen molar-refractivity contribution in [3.63, 3.8) is 0 Å². The second kappa shape index (κ2) is 5.96. The van der Waals surface area contributed by atoms with Gasteiger partial charge in [0.05, 0.1) is 17.5 Å². The average Bonchev–Trinajstić information content (AvgIpc) is 2.90. The summed E-state index contributed by atoms with van der Waals surface area (Å²) < 4.78 is 39.4. The van der Waals surface area contributed by atoms with Crippen molar-refractivity contribution in [1.29, 1.82) is 0 Å². The summed E-state index contributed by atoms with van der Waals surface area (Å²) in [6.45, 7) is 2.04. The third-order valence-corrected chi connectivity index (χ3v) is 6.62. The first kappa shape index (κ1) is 18.8. The van der Waals surface area contributed by atoms with Gasteiger partial charge >= 0.3 is 6.18 Å². The molecule has 3 aliphatic rings. The predicted octanol–water partition coefficient (Wildman–Crippen LogP) is 3.99. The van der Waals surface area contributed by atoms with E-state index in [4.69, 9.17) is 10.7 Å². The van der Waals surface area contributed by atoms with Crippen LogP contribution in [0.4, 0.5) is 13.2 Å². The molecule has 1 aromatic carbocycles. The van der Waals surface area contributed by atoms with Crippen LogP contribution in [0.3, 0.4) is 0 Å². The van der Waals surface area contributed by atoms with Crippen molar-refractivity contribution in [2.45, 2.75) is 37.9 Å². The Bertz CT molecular complexity index is 933. The van der Waals surface area contributed by atoms with Crippen LogP contribution >= 0.6 is 0 Å². The van der Waals surface area contributed by atoms with E-state index < -0.39 is 22.7 Å². The molecule has 0 aromatic heterocycles. The number of guanidine groups is 1.